The SMILES string of the molecule is CCCNC(COC)C1CCCCC1CC. The van der Waals surface area contributed by atoms with Gasteiger partial charge in [0.1, 0.15) is 0 Å². The summed E-state index contributed by atoms with van der Waals surface area (Å²) in [5, 5.41) is 3.68. The van der Waals surface area contributed by atoms with Gasteiger partial charge in [0.2, 0.25) is 0 Å². The largest absolute Gasteiger partial charge is 0.383 e. The molecule has 0 radical (unpaired) electrons. The Morgan fingerprint density at radius 1 is 1.25 bits per heavy atom. The zero-order valence-corrected chi connectivity index (χ0v) is 11.3. The lowest BCUT2D eigenvalue weighted by Crippen LogP contribution is -2.44. The number of nitrogens with one attached hydrogen (secondary N) is 1. The van der Waals surface area contributed by atoms with E-state index in [-0.39, 0.29) is 0 Å². The maximum atomic E-state index is 5.38. The minimum absolute atomic E-state index is 0.579. The number of ether oxygens (including phenoxy) is 1. The number of methoxy groups -OCH3 is 1. The van der Waals surface area contributed by atoms with Crippen molar-refractivity contribution in [3.05, 3.63) is 0 Å². The summed E-state index contributed by atoms with van der Waals surface area (Å²) in [7, 11) is 1.82. The van der Waals surface area contributed by atoms with E-state index in [0.717, 1.165) is 25.0 Å². The Hall–Kier alpha value is -0.0800. The molecule has 1 aliphatic rings. The Morgan fingerprint density at radius 2 is 2.00 bits per heavy atom. The molecule has 2 nitrogen and oxygen atoms in total. The fourth-order valence-corrected chi connectivity index (χ4v) is 3.12. The predicted molar refractivity (Wildman–Crippen MR) is 69.7 cm³/mol. The average Bonchev–Trinajstić information content (AvgIpc) is 2.34. The van der Waals surface area contributed by atoms with Gasteiger partial charge in [0.25, 0.3) is 0 Å². The van der Waals surface area contributed by atoms with Gasteiger partial charge in [-0.2, -0.15) is 0 Å². The molecule has 1 fully saturated rings. The van der Waals surface area contributed by atoms with Crippen molar-refractivity contribution in [2.45, 2.75) is 58.4 Å². The topological polar surface area (TPSA) is 21.3 Å². The van der Waals surface area contributed by atoms with Crippen LogP contribution < -0.4 is 5.32 Å². The molecule has 0 aromatic rings. The molecule has 0 aromatic carbocycles. The second-order valence-electron chi connectivity index (χ2n) is 5.13. The molecule has 0 saturated heterocycles. The van der Waals surface area contributed by atoms with E-state index in [1.54, 1.807) is 0 Å². The minimum atomic E-state index is 0.579. The first-order valence-corrected chi connectivity index (χ1v) is 7.05. The summed E-state index contributed by atoms with van der Waals surface area (Å²) in [5.74, 6) is 1.75. The van der Waals surface area contributed by atoms with Gasteiger partial charge in [0.15, 0.2) is 0 Å². The third kappa shape index (κ3) is 4.06. The maximum absolute atomic E-state index is 5.38. The molecule has 0 aromatic heterocycles. The molecule has 1 N–H and O–H groups in total. The van der Waals surface area contributed by atoms with Gasteiger partial charge in [-0.05, 0) is 31.2 Å². The lowest BCUT2D eigenvalue weighted by Gasteiger charge is -2.37. The van der Waals surface area contributed by atoms with Crippen LogP contribution in [-0.4, -0.2) is 26.3 Å². The van der Waals surface area contributed by atoms with Crippen molar-refractivity contribution in [3.8, 4) is 0 Å². The summed E-state index contributed by atoms with van der Waals surface area (Å²) >= 11 is 0. The van der Waals surface area contributed by atoms with E-state index in [4.69, 9.17) is 4.74 Å². The van der Waals surface area contributed by atoms with Crippen LogP contribution in [-0.2, 0) is 4.74 Å². The molecule has 0 amide bonds. The first kappa shape index (κ1) is 14.0. The van der Waals surface area contributed by atoms with Crippen LogP contribution in [0.15, 0.2) is 0 Å². The van der Waals surface area contributed by atoms with E-state index >= 15 is 0 Å². The van der Waals surface area contributed by atoms with E-state index in [1.807, 2.05) is 7.11 Å². The Morgan fingerprint density at radius 3 is 2.62 bits per heavy atom. The molecule has 1 aliphatic carbocycles. The first-order chi connectivity index (χ1) is 7.83. The molecule has 1 saturated carbocycles. The summed E-state index contributed by atoms with van der Waals surface area (Å²) in [4.78, 5) is 0. The highest BCUT2D eigenvalue weighted by Gasteiger charge is 2.30. The molecule has 3 unspecified atom stereocenters. The zero-order chi connectivity index (χ0) is 11.8. The molecule has 0 aliphatic heterocycles. The van der Waals surface area contributed by atoms with E-state index in [0.29, 0.717) is 6.04 Å². The number of hydrogen-bond acceptors (Lipinski definition) is 2. The molecule has 16 heavy (non-hydrogen) atoms. The lowest BCUT2D eigenvalue weighted by atomic mass is 9.74. The predicted octanol–water partition coefficient (Wildman–Crippen LogP) is 3.22. The van der Waals surface area contributed by atoms with Gasteiger partial charge in [0, 0.05) is 13.2 Å². The fraction of sp³-hybridized carbons (Fsp3) is 1.00. The van der Waals surface area contributed by atoms with Gasteiger partial charge in [-0.15, -0.1) is 0 Å². The molecule has 0 spiro atoms. The van der Waals surface area contributed by atoms with Crippen LogP contribution in [0.25, 0.3) is 0 Å². The van der Waals surface area contributed by atoms with Crippen LogP contribution in [0.1, 0.15) is 52.4 Å². The van der Waals surface area contributed by atoms with Crippen molar-refractivity contribution in [2.75, 3.05) is 20.3 Å². The van der Waals surface area contributed by atoms with Gasteiger partial charge >= 0.3 is 0 Å². The highest BCUT2D eigenvalue weighted by Crippen LogP contribution is 2.34. The summed E-state index contributed by atoms with van der Waals surface area (Å²) in [6.45, 7) is 6.57. The second kappa shape index (κ2) is 8.08. The van der Waals surface area contributed by atoms with Crippen LogP contribution in [0.5, 0.6) is 0 Å². The number of hydrogen-bond donors (Lipinski definition) is 1. The Balaban J connectivity index is 2.51. The summed E-state index contributed by atoms with van der Waals surface area (Å²) in [6.07, 6.45) is 8.21. The monoisotopic (exact) mass is 227 g/mol. The van der Waals surface area contributed by atoms with Crippen LogP contribution in [0.3, 0.4) is 0 Å². The fourth-order valence-electron chi connectivity index (χ4n) is 3.12. The van der Waals surface area contributed by atoms with Crippen molar-refractivity contribution in [2.24, 2.45) is 11.8 Å². The molecule has 0 bridgehead atoms. The molecular formula is C14H29NO. The highest BCUT2D eigenvalue weighted by atomic mass is 16.5. The average molecular weight is 227 g/mol. The standard InChI is InChI=1S/C14H29NO/c1-4-10-15-14(11-16-3)13-9-7-6-8-12(13)5-2/h12-15H,4-11H2,1-3H3. The Labute approximate surface area is 101 Å². The van der Waals surface area contributed by atoms with Gasteiger partial charge in [0.05, 0.1) is 6.61 Å². The maximum Gasteiger partial charge on any atom is 0.0618 e. The van der Waals surface area contributed by atoms with Gasteiger partial charge < -0.3 is 10.1 Å². The van der Waals surface area contributed by atoms with Gasteiger partial charge in [-0.1, -0.05) is 39.5 Å². The summed E-state index contributed by atoms with van der Waals surface area (Å²) < 4.78 is 5.38. The summed E-state index contributed by atoms with van der Waals surface area (Å²) in [6, 6.07) is 0.579. The van der Waals surface area contributed by atoms with E-state index in [1.165, 1.54) is 38.5 Å². The van der Waals surface area contributed by atoms with Gasteiger partial charge in [-0.25, -0.2) is 0 Å². The third-order valence-corrected chi connectivity index (χ3v) is 4.01. The van der Waals surface area contributed by atoms with Crippen molar-refractivity contribution in [1.82, 2.24) is 5.32 Å². The third-order valence-electron chi connectivity index (χ3n) is 4.01. The molecule has 3 atom stereocenters. The smallest absolute Gasteiger partial charge is 0.0618 e. The van der Waals surface area contributed by atoms with Gasteiger partial charge in [-0.3, -0.25) is 0 Å². The Kier molecular flexibility index (Phi) is 7.06. The summed E-state index contributed by atoms with van der Waals surface area (Å²) in [5.41, 5.74) is 0. The molecule has 2 heteroatoms. The van der Waals surface area contributed by atoms with Crippen LogP contribution in [0, 0.1) is 11.8 Å². The minimum Gasteiger partial charge on any atom is -0.383 e. The number of rotatable bonds is 7. The van der Waals surface area contributed by atoms with Crippen molar-refractivity contribution >= 4 is 0 Å². The molecular weight excluding hydrogens is 198 g/mol. The lowest BCUT2D eigenvalue weighted by molar-refractivity contribution is 0.0949. The molecule has 1 rings (SSSR count). The Bertz CT molecular complexity index is 172. The van der Waals surface area contributed by atoms with Crippen LogP contribution in [0.4, 0.5) is 0 Å². The molecule has 0 heterocycles. The normalized spacial score (nSPS) is 27.9. The van der Waals surface area contributed by atoms with E-state index in [9.17, 15) is 0 Å². The first-order valence-electron chi connectivity index (χ1n) is 7.05. The van der Waals surface area contributed by atoms with Crippen molar-refractivity contribution in [1.29, 1.82) is 0 Å². The van der Waals surface area contributed by atoms with E-state index in [2.05, 4.69) is 19.2 Å². The van der Waals surface area contributed by atoms with E-state index < -0.39 is 0 Å². The van der Waals surface area contributed by atoms with Crippen molar-refractivity contribution < 1.29 is 4.74 Å². The van der Waals surface area contributed by atoms with Crippen LogP contribution >= 0.6 is 0 Å². The van der Waals surface area contributed by atoms with Crippen molar-refractivity contribution in [3.63, 3.8) is 0 Å². The zero-order valence-electron chi connectivity index (χ0n) is 11.3. The molecule has 96 valence electrons. The second-order valence-corrected chi connectivity index (χ2v) is 5.13. The quantitative estimate of drug-likeness (QED) is 0.721. The highest BCUT2D eigenvalue weighted by molar-refractivity contribution is 4.84. The van der Waals surface area contributed by atoms with Crippen LogP contribution in [0.2, 0.25) is 0 Å².